The van der Waals surface area contributed by atoms with Crippen LogP contribution in [0, 0.1) is 0 Å². The van der Waals surface area contributed by atoms with Gasteiger partial charge < -0.3 is 9.64 Å². The first kappa shape index (κ1) is 21.2. The summed E-state index contributed by atoms with van der Waals surface area (Å²) in [5.74, 6) is -0.515. The average molecular weight is 430 g/mol. The van der Waals surface area contributed by atoms with Crippen LogP contribution in [0.1, 0.15) is 35.4 Å². The molecule has 1 amide bonds. The number of amides is 1. The van der Waals surface area contributed by atoms with Gasteiger partial charge in [0, 0.05) is 39.3 Å². The second kappa shape index (κ2) is 9.34. The van der Waals surface area contributed by atoms with Gasteiger partial charge >= 0.3 is 5.97 Å². The fourth-order valence-corrected chi connectivity index (χ4v) is 6.35. The quantitative estimate of drug-likeness (QED) is 0.655. The predicted molar refractivity (Wildman–Crippen MR) is 106 cm³/mol. The summed E-state index contributed by atoms with van der Waals surface area (Å²) in [5.41, 5.74) is 0. The molecule has 2 aliphatic heterocycles. The molecule has 28 heavy (non-hydrogen) atoms. The topological polar surface area (TPSA) is 87.2 Å². The molecule has 2 saturated heterocycles. The number of methoxy groups -OCH3 is 1. The van der Waals surface area contributed by atoms with Gasteiger partial charge in [-0.25, -0.2) is 13.2 Å². The molecule has 0 aliphatic carbocycles. The Hall–Kier alpha value is -1.49. The molecule has 0 bridgehead atoms. The van der Waals surface area contributed by atoms with E-state index in [-0.39, 0.29) is 15.7 Å². The fourth-order valence-electron chi connectivity index (χ4n) is 3.62. The maximum atomic E-state index is 12.9. The van der Waals surface area contributed by atoms with Crippen molar-refractivity contribution in [2.75, 3.05) is 52.9 Å². The zero-order valence-electron chi connectivity index (χ0n) is 16.1. The smallest absolute Gasteiger partial charge is 0.349 e. The molecule has 1 aromatic heterocycles. The predicted octanol–water partition coefficient (Wildman–Crippen LogP) is 1.24. The molecule has 0 unspecified atom stereocenters. The summed E-state index contributed by atoms with van der Waals surface area (Å²) >= 11 is 1.06. The average Bonchev–Trinajstić information content (AvgIpc) is 3.04. The number of likely N-dealkylation sites (tertiary alicyclic amines) is 1. The highest BCUT2D eigenvalue weighted by Gasteiger charge is 2.33. The third-order valence-electron chi connectivity index (χ3n) is 5.27. The Kier molecular flexibility index (Phi) is 7.08. The highest BCUT2D eigenvalue weighted by molar-refractivity contribution is 7.89. The van der Waals surface area contributed by atoms with Gasteiger partial charge in [0.05, 0.1) is 13.7 Å². The summed E-state index contributed by atoms with van der Waals surface area (Å²) < 4.78 is 31.9. The number of rotatable bonds is 5. The molecule has 3 rings (SSSR count). The molecule has 0 N–H and O–H groups in total. The zero-order chi connectivity index (χ0) is 20.1. The van der Waals surface area contributed by atoms with Crippen molar-refractivity contribution in [2.24, 2.45) is 0 Å². The van der Waals surface area contributed by atoms with Crippen LogP contribution in [0.25, 0.3) is 0 Å². The number of esters is 1. The van der Waals surface area contributed by atoms with E-state index >= 15 is 0 Å². The summed E-state index contributed by atoms with van der Waals surface area (Å²) in [4.78, 5) is 28.4. The highest BCUT2D eigenvalue weighted by atomic mass is 32.2. The Morgan fingerprint density at radius 1 is 1.04 bits per heavy atom. The number of thiophene rings is 1. The van der Waals surface area contributed by atoms with E-state index in [1.165, 1.54) is 30.3 Å². The van der Waals surface area contributed by atoms with Crippen molar-refractivity contribution in [3.63, 3.8) is 0 Å². The van der Waals surface area contributed by atoms with Gasteiger partial charge in [0.25, 0.3) is 0 Å². The number of ether oxygens (including phenoxy) is 1. The van der Waals surface area contributed by atoms with Gasteiger partial charge in [-0.2, -0.15) is 4.31 Å². The molecule has 1 aromatic rings. The van der Waals surface area contributed by atoms with E-state index < -0.39 is 16.0 Å². The van der Waals surface area contributed by atoms with Crippen LogP contribution in [0.2, 0.25) is 0 Å². The minimum atomic E-state index is -3.76. The van der Waals surface area contributed by atoms with Crippen molar-refractivity contribution in [2.45, 2.75) is 30.6 Å². The lowest BCUT2D eigenvalue weighted by Gasteiger charge is -2.34. The first-order valence-corrected chi connectivity index (χ1v) is 11.9. The molecular weight excluding hydrogens is 402 g/mol. The summed E-state index contributed by atoms with van der Waals surface area (Å²) in [6, 6.07) is 1.45. The number of piperazine rings is 1. The molecular formula is C18H27N3O5S2. The van der Waals surface area contributed by atoms with Gasteiger partial charge in [0.15, 0.2) is 0 Å². The van der Waals surface area contributed by atoms with E-state index in [1.54, 1.807) is 5.38 Å². The third-order valence-corrected chi connectivity index (χ3v) is 8.23. The maximum absolute atomic E-state index is 12.9. The minimum Gasteiger partial charge on any atom is -0.465 e. The Morgan fingerprint density at radius 2 is 1.68 bits per heavy atom. The second-order valence-electron chi connectivity index (χ2n) is 7.08. The van der Waals surface area contributed by atoms with E-state index in [0.29, 0.717) is 32.7 Å². The van der Waals surface area contributed by atoms with Crippen LogP contribution in [-0.4, -0.2) is 87.3 Å². The monoisotopic (exact) mass is 429 g/mol. The van der Waals surface area contributed by atoms with Gasteiger partial charge in [-0.05, 0) is 24.3 Å². The lowest BCUT2D eigenvalue weighted by Crippen LogP contribution is -2.51. The van der Waals surface area contributed by atoms with Gasteiger partial charge in [-0.15, -0.1) is 11.3 Å². The van der Waals surface area contributed by atoms with Crippen LogP contribution in [0.15, 0.2) is 16.3 Å². The molecule has 10 heteroatoms. The number of carbonyl (C=O) groups is 2. The summed E-state index contributed by atoms with van der Waals surface area (Å²) in [7, 11) is -2.53. The van der Waals surface area contributed by atoms with Gasteiger partial charge in [0.1, 0.15) is 9.77 Å². The minimum absolute atomic E-state index is 0.00144. The van der Waals surface area contributed by atoms with Crippen molar-refractivity contribution in [3.05, 3.63) is 16.3 Å². The lowest BCUT2D eigenvalue weighted by atomic mass is 10.2. The van der Waals surface area contributed by atoms with Gasteiger partial charge in [0.2, 0.25) is 15.9 Å². The number of nitrogens with zero attached hydrogens (tertiary/aromatic N) is 3. The highest BCUT2D eigenvalue weighted by Crippen LogP contribution is 2.26. The SMILES string of the molecule is COC(=O)c1sccc1S(=O)(=O)N1CCN(CC(=O)N2CCCCCC2)CC1. The number of hydrogen-bond donors (Lipinski definition) is 0. The Morgan fingerprint density at radius 3 is 2.29 bits per heavy atom. The summed E-state index contributed by atoms with van der Waals surface area (Å²) in [6.45, 7) is 3.56. The third kappa shape index (κ3) is 4.73. The standard InChI is InChI=1S/C18H27N3O5S2/c1-26-18(23)17-15(6-13-27-17)28(24,25)21-11-9-19(10-12-21)14-16(22)20-7-4-2-3-5-8-20/h6,13H,2-5,7-12,14H2,1H3. The van der Waals surface area contributed by atoms with Crippen LogP contribution in [0.4, 0.5) is 0 Å². The van der Waals surface area contributed by atoms with Crippen LogP contribution in [-0.2, 0) is 19.6 Å². The fraction of sp³-hybridized carbons (Fsp3) is 0.667. The largest absolute Gasteiger partial charge is 0.465 e. The van der Waals surface area contributed by atoms with Crippen molar-refractivity contribution < 1.29 is 22.7 Å². The Bertz CT molecular complexity index is 792. The van der Waals surface area contributed by atoms with Crippen LogP contribution in [0.3, 0.4) is 0 Å². The maximum Gasteiger partial charge on any atom is 0.349 e. The van der Waals surface area contributed by atoms with Gasteiger partial charge in [-0.3, -0.25) is 9.69 Å². The Labute approximate surface area is 170 Å². The molecule has 0 saturated carbocycles. The molecule has 3 heterocycles. The molecule has 156 valence electrons. The molecule has 0 radical (unpaired) electrons. The lowest BCUT2D eigenvalue weighted by molar-refractivity contribution is -0.132. The van der Waals surface area contributed by atoms with Crippen molar-refractivity contribution >= 4 is 33.2 Å². The van der Waals surface area contributed by atoms with E-state index in [4.69, 9.17) is 0 Å². The van der Waals surface area contributed by atoms with Gasteiger partial charge in [-0.1, -0.05) is 12.8 Å². The Balaban J connectivity index is 1.58. The van der Waals surface area contributed by atoms with E-state index in [2.05, 4.69) is 4.74 Å². The van der Waals surface area contributed by atoms with Crippen molar-refractivity contribution in [3.8, 4) is 0 Å². The molecule has 8 nitrogen and oxygen atoms in total. The van der Waals surface area contributed by atoms with E-state index in [1.807, 2.05) is 9.80 Å². The number of hydrogen-bond acceptors (Lipinski definition) is 7. The number of sulfonamides is 1. The first-order chi connectivity index (χ1) is 13.4. The van der Waals surface area contributed by atoms with Crippen LogP contribution < -0.4 is 0 Å². The molecule has 0 atom stereocenters. The summed E-state index contributed by atoms with van der Waals surface area (Å²) in [6.07, 6.45) is 4.47. The summed E-state index contributed by atoms with van der Waals surface area (Å²) in [5, 5.41) is 1.58. The van der Waals surface area contributed by atoms with Crippen LogP contribution in [0.5, 0.6) is 0 Å². The van der Waals surface area contributed by atoms with Crippen molar-refractivity contribution in [1.29, 1.82) is 0 Å². The molecule has 0 spiro atoms. The van der Waals surface area contributed by atoms with E-state index in [9.17, 15) is 18.0 Å². The first-order valence-electron chi connectivity index (χ1n) is 9.59. The number of carbonyl (C=O) groups excluding carboxylic acids is 2. The molecule has 0 aromatic carbocycles. The van der Waals surface area contributed by atoms with E-state index in [0.717, 1.165) is 37.3 Å². The van der Waals surface area contributed by atoms with Crippen LogP contribution >= 0.6 is 11.3 Å². The molecule has 2 fully saturated rings. The normalized spacial score (nSPS) is 20.0. The van der Waals surface area contributed by atoms with Crippen molar-refractivity contribution in [1.82, 2.24) is 14.1 Å². The second-order valence-corrected chi connectivity index (χ2v) is 9.90. The zero-order valence-corrected chi connectivity index (χ0v) is 17.8. The molecule has 2 aliphatic rings.